The zero-order chi connectivity index (χ0) is 14.4. The zero-order valence-corrected chi connectivity index (χ0v) is 13.4. The van der Waals surface area contributed by atoms with E-state index >= 15 is 0 Å². The number of ether oxygens (including phenoxy) is 1. The predicted octanol–water partition coefficient (Wildman–Crippen LogP) is 3.05. The van der Waals surface area contributed by atoms with Crippen molar-refractivity contribution in [1.82, 2.24) is 19.8 Å². The summed E-state index contributed by atoms with van der Waals surface area (Å²) in [5, 5.41) is 13.9. The molecule has 1 saturated heterocycles. The Morgan fingerprint density at radius 2 is 2.29 bits per heavy atom. The van der Waals surface area contributed by atoms with Gasteiger partial charge in [0.25, 0.3) is 0 Å². The quantitative estimate of drug-likeness (QED) is 0.706. The van der Waals surface area contributed by atoms with Gasteiger partial charge in [-0.05, 0) is 40.9 Å². The van der Waals surface area contributed by atoms with Gasteiger partial charge in [0.15, 0.2) is 5.82 Å². The van der Waals surface area contributed by atoms with Gasteiger partial charge in [0.2, 0.25) is 4.96 Å². The highest BCUT2D eigenvalue weighted by atomic mass is 79.9. The van der Waals surface area contributed by atoms with Gasteiger partial charge < -0.3 is 10.5 Å². The zero-order valence-electron chi connectivity index (χ0n) is 11.0. The van der Waals surface area contributed by atoms with Crippen LogP contribution in [0.3, 0.4) is 0 Å². The van der Waals surface area contributed by atoms with E-state index in [0.717, 1.165) is 45.3 Å². The number of aromatic nitrogens is 4. The number of benzene rings is 1. The molecule has 6 nitrogen and oxygen atoms in total. The van der Waals surface area contributed by atoms with E-state index in [4.69, 9.17) is 10.5 Å². The lowest BCUT2D eigenvalue weighted by Crippen LogP contribution is -2.03. The van der Waals surface area contributed by atoms with Crippen molar-refractivity contribution in [2.24, 2.45) is 0 Å². The fourth-order valence-corrected chi connectivity index (χ4v) is 3.50. The van der Waals surface area contributed by atoms with Crippen molar-refractivity contribution in [3.8, 4) is 10.6 Å². The Labute approximate surface area is 133 Å². The minimum Gasteiger partial charge on any atom is -0.398 e. The highest BCUT2D eigenvalue weighted by Gasteiger charge is 2.25. The van der Waals surface area contributed by atoms with Gasteiger partial charge in [-0.2, -0.15) is 9.61 Å². The van der Waals surface area contributed by atoms with E-state index in [-0.39, 0.29) is 6.10 Å². The first-order chi connectivity index (χ1) is 10.2. The molecule has 2 N–H and O–H groups in total. The number of rotatable bonds is 2. The second-order valence-corrected chi connectivity index (χ2v) is 6.71. The molecule has 2 aromatic heterocycles. The molecule has 1 aliphatic rings. The molecule has 3 heterocycles. The van der Waals surface area contributed by atoms with Gasteiger partial charge in [0, 0.05) is 22.3 Å². The normalized spacial score (nSPS) is 18.6. The van der Waals surface area contributed by atoms with Crippen LogP contribution in [0.4, 0.5) is 5.69 Å². The maximum absolute atomic E-state index is 5.93. The van der Waals surface area contributed by atoms with Gasteiger partial charge >= 0.3 is 0 Å². The molecule has 0 aliphatic carbocycles. The van der Waals surface area contributed by atoms with E-state index in [1.807, 2.05) is 18.2 Å². The van der Waals surface area contributed by atoms with Crippen molar-refractivity contribution in [3.05, 3.63) is 28.5 Å². The highest BCUT2D eigenvalue weighted by Crippen LogP contribution is 2.32. The molecule has 8 heteroatoms. The topological polar surface area (TPSA) is 78.3 Å². The van der Waals surface area contributed by atoms with Crippen molar-refractivity contribution in [1.29, 1.82) is 0 Å². The van der Waals surface area contributed by atoms with Crippen LogP contribution in [0.2, 0.25) is 0 Å². The third-order valence-electron chi connectivity index (χ3n) is 3.48. The predicted molar refractivity (Wildman–Crippen MR) is 84.1 cm³/mol. The Kier molecular flexibility index (Phi) is 3.16. The Morgan fingerprint density at radius 3 is 3.05 bits per heavy atom. The second-order valence-electron chi connectivity index (χ2n) is 4.90. The van der Waals surface area contributed by atoms with Gasteiger partial charge in [-0.1, -0.05) is 17.4 Å². The molecule has 108 valence electrons. The summed E-state index contributed by atoms with van der Waals surface area (Å²) in [4.78, 5) is 0.775. The molecule has 0 spiro atoms. The van der Waals surface area contributed by atoms with E-state index < -0.39 is 0 Å². The fraction of sp³-hybridized carbons (Fsp3) is 0.308. The third kappa shape index (κ3) is 2.23. The van der Waals surface area contributed by atoms with E-state index in [9.17, 15) is 0 Å². The summed E-state index contributed by atoms with van der Waals surface area (Å²) in [5.74, 6) is 0.787. The molecule has 0 saturated carbocycles. The number of halogens is 1. The number of anilines is 1. The van der Waals surface area contributed by atoms with Crippen LogP contribution in [-0.4, -0.2) is 26.4 Å². The largest absolute Gasteiger partial charge is 0.398 e. The monoisotopic (exact) mass is 365 g/mol. The van der Waals surface area contributed by atoms with Crippen LogP contribution in [0.15, 0.2) is 22.7 Å². The molecule has 0 radical (unpaired) electrons. The maximum atomic E-state index is 5.93. The molecule has 0 bridgehead atoms. The van der Waals surface area contributed by atoms with Crippen LogP contribution in [0.5, 0.6) is 0 Å². The summed E-state index contributed by atoms with van der Waals surface area (Å²) in [6, 6.07) is 5.81. The van der Waals surface area contributed by atoms with Crippen molar-refractivity contribution in [2.45, 2.75) is 18.9 Å². The molecule has 1 aromatic carbocycles. The van der Waals surface area contributed by atoms with Crippen molar-refractivity contribution >= 4 is 37.9 Å². The number of fused-ring (bicyclic) bond motifs is 1. The molecule has 1 atom stereocenters. The van der Waals surface area contributed by atoms with Crippen molar-refractivity contribution in [3.63, 3.8) is 0 Å². The molecule has 0 amide bonds. The lowest BCUT2D eigenvalue weighted by molar-refractivity contribution is 0.103. The van der Waals surface area contributed by atoms with E-state index in [0.29, 0.717) is 5.69 Å². The molecule has 1 fully saturated rings. The van der Waals surface area contributed by atoms with Crippen molar-refractivity contribution in [2.75, 3.05) is 12.3 Å². The number of nitrogen functional groups attached to an aromatic ring is 1. The minimum atomic E-state index is 0.00457. The third-order valence-corrected chi connectivity index (χ3v) is 5.15. The number of hydrogen-bond acceptors (Lipinski definition) is 6. The Bertz CT molecular complexity index is 808. The number of hydrogen-bond donors (Lipinski definition) is 1. The average Bonchev–Trinajstić information content (AvgIpc) is 3.16. The second kappa shape index (κ2) is 5.04. The van der Waals surface area contributed by atoms with E-state index in [1.165, 1.54) is 11.3 Å². The summed E-state index contributed by atoms with van der Waals surface area (Å²) < 4.78 is 8.34. The summed E-state index contributed by atoms with van der Waals surface area (Å²) in [5.41, 5.74) is 7.60. The lowest BCUT2D eigenvalue weighted by Gasteiger charge is -2.04. The summed E-state index contributed by atoms with van der Waals surface area (Å²) in [7, 11) is 0. The Morgan fingerprint density at radius 1 is 1.38 bits per heavy atom. The van der Waals surface area contributed by atoms with Gasteiger partial charge in [-0.25, -0.2) is 0 Å². The molecular weight excluding hydrogens is 354 g/mol. The number of nitrogens with two attached hydrogens (primary N) is 1. The minimum absolute atomic E-state index is 0.00457. The molecule has 1 unspecified atom stereocenters. The van der Waals surface area contributed by atoms with E-state index in [1.54, 1.807) is 4.52 Å². The molecular formula is C13H12BrN5OS. The molecule has 3 aromatic rings. The first kappa shape index (κ1) is 13.2. The number of nitrogens with zero attached hydrogens (tertiary/aromatic N) is 4. The Balaban J connectivity index is 1.78. The van der Waals surface area contributed by atoms with Gasteiger partial charge in [-0.3, -0.25) is 0 Å². The summed E-state index contributed by atoms with van der Waals surface area (Å²) in [6.07, 6.45) is 2.03. The van der Waals surface area contributed by atoms with Gasteiger partial charge in [0.1, 0.15) is 11.1 Å². The van der Waals surface area contributed by atoms with E-state index in [2.05, 4.69) is 31.2 Å². The van der Waals surface area contributed by atoms with Gasteiger partial charge in [-0.15, -0.1) is 10.2 Å². The van der Waals surface area contributed by atoms with Crippen LogP contribution in [0.25, 0.3) is 15.5 Å². The first-order valence-corrected chi connectivity index (χ1v) is 8.22. The van der Waals surface area contributed by atoms with Crippen molar-refractivity contribution < 1.29 is 4.74 Å². The van der Waals surface area contributed by atoms with Crippen LogP contribution in [0.1, 0.15) is 24.8 Å². The summed E-state index contributed by atoms with van der Waals surface area (Å²) >= 11 is 4.90. The maximum Gasteiger partial charge on any atom is 0.235 e. The first-order valence-electron chi connectivity index (χ1n) is 6.61. The smallest absolute Gasteiger partial charge is 0.235 e. The van der Waals surface area contributed by atoms with Crippen LogP contribution in [0, 0.1) is 0 Å². The van der Waals surface area contributed by atoms with Crippen LogP contribution >= 0.6 is 27.3 Å². The Hall–Kier alpha value is -1.51. The molecule has 21 heavy (non-hydrogen) atoms. The SMILES string of the molecule is Nc1cc(-c2nn3c(C4CCCO4)nnc3s2)ccc1Br. The molecule has 1 aliphatic heterocycles. The molecule has 4 rings (SSSR count). The van der Waals surface area contributed by atoms with Gasteiger partial charge in [0.05, 0.1) is 0 Å². The summed E-state index contributed by atoms with van der Waals surface area (Å²) in [6.45, 7) is 0.778. The standard InChI is InChI=1S/C13H12BrN5OS/c14-8-4-3-7(6-9(8)15)12-18-19-11(10-2-1-5-20-10)16-17-13(19)21-12/h3-4,6,10H,1-2,5,15H2. The average molecular weight is 366 g/mol. The van der Waals surface area contributed by atoms with Crippen LogP contribution in [-0.2, 0) is 4.74 Å². The van der Waals surface area contributed by atoms with Crippen LogP contribution < -0.4 is 5.73 Å². The highest BCUT2D eigenvalue weighted by molar-refractivity contribution is 9.10. The fourth-order valence-electron chi connectivity index (χ4n) is 2.41. The lowest BCUT2D eigenvalue weighted by atomic mass is 10.2.